The molecule has 1 fully saturated rings. The van der Waals surface area contributed by atoms with Crippen molar-refractivity contribution in [3.8, 4) is 0 Å². The Morgan fingerprint density at radius 2 is 1.50 bits per heavy atom. The molecule has 0 unspecified atom stereocenters. The molecule has 1 heterocycles. The van der Waals surface area contributed by atoms with Crippen LogP contribution in [0.5, 0.6) is 0 Å². The normalized spacial score (nSPS) is 16.3. The zero-order valence-corrected chi connectivity index (χ0v) is 13.8. The molecule has 0 aromatic heterocycles. The third-order valence-corrected chi connectivity index (χ3v) is 5.95. The molecule has 4 nitrogen and oxygen atoms in total. The fourth-order valence-electron chi connectivity index (χ4n) is 2.78. The molecule has 1 aliphatic rings. The quantitative estimate of drug-likeness (QED) is 0.849. The number of halogens is 2. The molecule has 0 N–H and O–H groups in total. The molecule has 2 aromatic carbocycles. The van der Waals surface area contributed by atoms with Gasteiger partial charge in [0.2, 0.25) is 10.0 Å². The van der Waals surface area contributed by atoms with E-state index in [1.165, 1.54) is 34.6 Å². The van der Waals surface area contributed by atoms with E-state index < -0.39 is 15.8 Å². The highest BCUT2D eigenvalue weighted by Gasteiger charge is 2.27. The first-order valence-electron chi connectivity index (χ1n) is 7.67. The number of hydrogen-bond acceptors (Lipinski definition) is 3. The fourth-order valence-corrected chi connectivity index (χ4v) is 4.31. The predicted molar refractivity (Wildman–Crippen MR) is 89.2 cm³/mol. The van der Waals surface area contributed by atoms with Crippen molar-refractivity contribution in [3.05, 3.63) is 65.7 Å². The monoisotopic (exact) mass is 352 g/mol. The Balaban J connectivity index is 1.65. The van der Waals surface area contributed by atoms with Crippen LogP contribution in [0.4, 0.5) is 14.5 Å². The second-order valence-electron chi connectivity index (χ2n) is 5.71. The van der Waals surface area contributed by atoms with E-state index in [-0.39, 0.29) is 17.1 Å². The summed E-state index contributed by atoms with van der Waals surface area (Å²) >= 11 is 0. The topological polar surface area (TPSA) is 40.6 Å². The summed E-state index contributed by atoms with van der Waals surface area (Å²) in [6.45, 7) is 1.69. The third kappa shape index (κ3) is 3.73. The molecular formula is C17H18F2N2O2S. The van der Waals surface area contributed by atoms with Crippen molar-refractivity contribution in [1.82, 2.24) is 4.31 Å². The SMILES string of the molecule is O=S(=O)(Cc1ccccc1F)N1CCN(c2ccc(F)cc2)CC1. The van der Waals surface area contributed by atoms with Crippen molar-refractivity contribution in [2.75, 3.05) is 31.1 Å². The van der Waals surface area contributed by atoms with Crippen LogP contribution in [0.2, 0.25) is 0 Å². The minimum Gasteiger partial charge on any atom is -0.369 e. The highest BCUT2D eigenvalue weighted by Crippen LogP contribution is 2.20. The standard InChI is InChI=1S/C17H18F2N2O2S/c18-15-5-7-16(8-6-15)20-9-11-21(12-10-20)24(22,23)13-14-3-1-2-4-17(14)19/h1-8H,9-13H2. The first-order valence-corrected chi connectivity index (χ1v) is 9.28. The maximum Gasteiger partial charge on any atom is 0.218 e. The van der Waals surface area contributed by atoms with E-state index in [0.717, 1.165) is 5.69 Å². The average molecular weight is 352 g/mol. The fraction of sp³-hybridized carbons (Fsp3) is 0.294. The predicted octanol–water partition coefficient (Wildman–Crippen LogP) is 2.62. The van der Waals surface area contributed by atoms with Gasteiger partial charge in [0.05, 0.1) is 5.75 Å². The van der Waals surface area contributed by atoms with Gasteiger partial charge in [0.25, 0.3) is 0 Å². The van der Waals surface area contributed by atoms with Gasteiger partial charge in [0.15, 0.2) is 0 Å². The lowest BCUT2D eigenvalue weighted by Gasteiger charge is -2.35. The zero-order chi connectivity index (χ0) is 17.2. The van der Waals surface area contributed by atoms with Gasteiger partial charge in [-0.15, -0.1) is 0 Å². The van der Waals surface area contributed by atoms with Crippen molar-refractivity contribution in [2.45, 2.75) is 5.75 Å². The molecular weight excluding hydrogens is 334 g/mol. The first-order chi connectivity index (χ1) is 11.5. The number of benzene rings is 2. The zero-order valence-electron chi connectivity index (χ0n) is 13.0. The summed E-state index contributed by atoms with van der Waals surface area (Å²) in [6.07, 6.45) is 0. The van der Waals surface area contributed by atoms with E-state index in [0.29, 0.717) is 26.2 Å². The van der Waals surface area contributed by atoms with Crippen LogP contribution in [0.15, 0.2) is 48.5 Å². The van der Waals surface area contributed by atoms with Gasteiger partial charge < -0.3 is 4.90 Å². The summed E-state index contributed by atoms with van der Waals surface area (Å²) < 4.78 is 53.0. The minimum absolute atomic E-state index is 0.179. The van der Waals surface area contributed by atoms with E-state index in [2.05, 4.69) is 0 Å². The van der Waals surface area contributed by atoms with E-state index in [9.17, 15) is 17.2 Å². The number of piperazine rings is 1. The van der Waals surface area contributed by atoms with Gasteiger partial charge in [0, 0.05) is 37.4 Å². The minimum atomic E-state index is -3.56. The summed E-state index contributed by atoms with van der Waals surface area (Å²) in [5.74, 6) is -1.15. The molecule has 7 heteroatoms. The summed E-state index contributed by atoms with van der Waals surface area (Å²) in [6, 6.07) is 12.0. The van der Waals surface area contributed by atoms with Gasteiger partial charge in [-0.1, -0.05) is 18.2 Å². The molecule has 1 saturated heterocycles. The molecule has 128 valence electrons. The van der Waals surface area contributed by atoms with Gasteiger partial charge in [-0.3, -0.25) is 0 Å². The average Bonchev–Trinajstić information content (AvgIpc) is 2.58. The number of rotatable bonds is 4. The first kappa shape index (κ1) is 16.9. The Morgan fingerprint density at radius 3 is 2.12 bits per heavy atom. The molecule has 2 aromatic rings. The van der Waals surface area contributed by atoms with Crippen LogP contribution < -0.4 is 4.90 Å². The summed E-state index contributed by atoms with van der Waals surface area (Å²) in [5, 5.41) is 0. The Labute approximate surface area is 140 Å². The summed E-state index contributed by atoms with van der Waals surface area (Å²) in [7, 11) is -3.56. The molecule has 0 radical (unpaired) electrons. The molecule has 0 spiro atoms. The van der Waals surface area contributed by atoms with Crippen LogP contribution in [0.1, 0.15) is 5.56 Å². The van der Waals surface area contributed by atoms with Crippen LogP contribution in [0.25, 0.3) is 0 Å². The van der Waals surface area contributed by atoms with Crippen molar-refractivity contribution in [2.24, 2.45) is 0 Å². The van der Waals surface area contributed by atoms with Gasteiger partial charge in [-0.25, -0.2) is 17.2 Å². The van der Waals surface area contributed by atoms with E-state index in [1.54, 1.807) is 18.2 Å². The second-order valence-corrected chi connectivity index (χ2v) is 7.68. The Kier molecular flexibility index (Phi) is 4.82. The lowest BCUT2D eigenvalue weighted by atomic mass is 10.2. The van der Waals surface area contributed by atoms with Gasteiger partial charge in [0.1, 0.15) is 11.6 Å². The summed E-state index contributed by atoms with van der Waals surface area (Å²) in [5.41, 5.74) is 1.04. The highest BCUT2D eigenvalue weighted by atomic mass is 32.2. The number of nitrogens with zero attached hydrogens (tertiary/aromatic N) is 2. The smallest absolute Gasteiger partial charge is 0.218 e. The maximum atomic E-state index is 13.7. The van der Waals surface area contributed by atoms with Crippen LogP contribution >= 0.6 is 0 Å². The molecule has 24 heavy (non-hydrogen) atoms. The lowest BCUT2D eigenvalue weighted by Crippen LogP contribution is -2.49. The Bertz CT molecular complexity index is 802. The Morgan fingerprint density at radius 1 is 0.875 bits per heavy atom. The molecule has 0 saturated carbocycles. The van der Waals surface area contributed by atoms with Crippen LogP contribution in [0.3, 0.4) is 0 Å². The van der Waals surface area contributed by atoms with Crippen molar-refractivity contribution in [3.63, 3.8) is 0 Å². The maximum absolute atomic E-state index is 13.7. The molecule has 1 aliphatic heterocycles. The number of anilines is 1. The second kappa shape index (κ2) is 6.86. The highest BCUT2D eigenvalue weighted by molar-refractivity contribution is 7.88. The van der Waals surface area contributed by atoms with Gasteiger partial charge >= 0.3 is 0 Å². The van der Waals surface area contributed by atoms with Crippen molar-refractivity contribution in [1.29, 1.82) is 0 Å². The van der Waals surface area contributed by atoms with Crippen LogP contribution in [-0.2, 0) is 15.8 Å². The van der Waals surface area contributed by atoms with Crippen molar-refractivity contribution >= 4 is 15.7 Å². The lowest BCUT2D eigenvalue weighted by molar-refractivity contribution is 0.384. The number of hydrogen-bond donors (Lipinski definition) is 0. The van der Waals surface area contributed by atoms with Gasteiger partial charge in [-0.05, 0) is 30.3 Å². The van der Waals surface area contributed by atoms with Gasteiger partial charge in [-0.2, -0.15) is 4.31 Å². The van der Waals surface area contributed by atoms with Crippen molar-refractivity contribution < 1.29 is 17.2 Å². The third-order valence-electron chi connectivity index (χ3n) is 4.12. The molecule has 0 amide bonds. The van der Waals surface area contributed by atoms with E-state index in [4.69, 9.17) is 0 Å². The van der Waals surface area contributed by atoms with E-state index in [1.807, 2.05) is 4.90 Å². The Hall–Kier alpha value is -1.99. The largest absolute Gasteiger partial charge is 0.369 e. The summed E-state index contributed by atoms with van der Waals surface area (Å²) in [4.78, 5) is 2.01. The number of sulfonamides is 1. The van der Waals surface area contributed by atoms with Crippen LogP contribution in [0, 0.1) is 11.6 Å². The van der Waals surface area contributed by atoms with E-state index >= 15 is 0 Å². The molecule has 0 atom stereocenters. The van der Waals surface area contributed by atoms with Crippen LogP contribution in [-0.4, -0.2) is 38.9 Å². The molecule has 0 aliphatic carbocycles. The molecule has 0 bridgehead atoms. The molecule has 3 rings (SSSR count).